The molecule has 3 heterocycles. The number of rotatable bonds is 8. The van der Waals surface area contributed by atoms with E-state index < -0.39 is 41.8 Å². The SMILES string of the molecule is C=CC1=C(C(=O)O)N2C(=O)[C@H](NC(=O)/C(=N\OCC(=O)O)c3csc(N)n3)[C@@H]2SC1. The first-order valence-corrected chi connectivity index (χ1v) is 10.1. The van der Waals surface area contributed by atoms with Crippen LogP contribution in [0.1, 0.15) is 5.69 Å². The lowest BCUT2D eigenvalue weighted by Crippen LogP contribution is -2.71. The highest BCUT2D eigenvalue weighted by Crippen LogP contribution is 2.40. The molecule has 30 heavy (non-hydrogen) atoms. The van der Waals surface area contributed by atoms with Crippen molar-refractivity contribution in [2.45, 2.75) is 11.4 Å². The largest absolute Gasteiger partial charge is 0.479 e. The number of carbonyl (C=O) groups is 4. The zero-order valence-corrected chi connectivity index (χ0v) is 16.7. The summed E-state index contributed by atoms with van der Waals surface area (Å²) in [5.41, 5.74) is 5.48. The molecule has 3 rings (SSSR count). The zero-order valence-electron chi connectivity index (χ0n) is 15.1. The summed E-state index contributed by atoms with van der Waals surface area (Å²) in [5.74, 6) is -3.72. The standard InChI is InChI=1S/C16H15N5O7S2/c1-2-6-4-29-14-10(13(25)21(14)11(6)15(26)27)19-12(24)9(20-28-3-8(22)23)7-5-30-16(17)18-7/h2,5,10,14H,1,3-4H2,(H2,17,18)(H,19,24)(H,22,23)(H,26,27)/b20-9-/t10-,14-/m0/s1. The smallest absolute Gasteiger partial charge is 0.352 e. The van der Waals surface area contributed by atoms with Gasteiger partial charge in [0.15, 0.2) is 10.8 Å². The van der Waals surface area contributed by atoms with Gasteiger partial charge in [0.2, 0.25) is 6.61 Å². The molecule has 5 N–H and O–H groups in total. The van der Waals surface area contributed by atoms with Crippen molar-refractivity contribution in [1.82, 2.24) is 15.2 Å². The molecular weight excluding hydrogens is 438 g/mol. The highest BCUT2D eigenvalue weighted by molar-refractivity contribution is 8.00. The van der Waals surface area contributed by atoms with Crippen molar-refractivity contribution in [3.05, 3.63) is 35.0 Å². The molecule has 158 valence electrons. The van der Waals surface area contributed by atoms with Crippen LogP contribution in [0.15, 0.2) is 34.5 Å². The lowest BCUT2D eigenvalue weighted by Gasteiger charge is -2.49. The van der Waals surface area contributed by atoms with Crippen LogP contribution in [0.5, 0.6) is 0 Å². The second kappa shape index (κ2) is 8.54. The number of thiazole rings is 1. The molecule has 0 unspecified atom stereocenters. The van der Waals surface area contributed by atoms with E-state index in [1.54, 1.807) is 0 Å². The fraction of sp³-hybridized carbons (Fsp3) is 0.250. The third kappa shape index (κ3) is 3.99. The van der Waals surface area contributed by atoms with Crippen molar-refractivity contribution in [3.8, 4) is 0 Å². The topological polar surface area (TPSA) is 185 Å². The van der Waals surface area contributed by atoms with Gasteiger partial charge in [0.1, 0.15) is 22.8 Å². The van der Waals surface area contributed by atoms with E-state index in [0.717, 1.165) is 16.2 Å². The van der Waals surface area contributed by atoms with E-state index >= 15 is 0 Å². The first-order valence-electron chi connectivity index (χ1n) is 8.22. The number of nitrogens with zero attached hydrogens (tertiary/aromatic N) is 3. The molecule has 2 aliphatic rings. The Labute approximate surface area is 177 Å². The van der Waals surface area contributed by atoms with Crippen molar-refractivity contribution >= 4 is 57.7 Å². The molecule has 12 nitrogen and oxygen atoms in total. The van der Waals surface area contributed by atoms with Crippen molar-refractivity contribution in [3.63, 3.8) is 0 Å². The Morgan fingerprint density at radius 3 is 2.77 bits per heavy atom. The van der Waals surface area contributed by atoms with Gasteiger partial charge in [-0.1, -0.05) is 17.8 Å². The fourth-order valence-electron chi connectivity index (χ4n) is 2.76. The minimum Gasteiger partial charge on any atom is -0.479 e. The van der Waals surface area contributed by atoms with E-state index in [4.69, 9.17) is 10.8 Å². The summed E-state index contributed by atoms with van der Waals surface area (Å²) in [6.45, 7) is 2.77. The van der Waals surface area contributed by atoms with E-state index in [0.29, 0.717) is 11.3 Å². The fourth-order valence-corrected chi connectivity index (χ4v) is 4.65. The van der Waals surface area contributed by atoms with Gasteiger partial charge in [-0.25, -0.2) is 14.6 Å². The van der Waals surface area contributed by atoms with Gasteiger partial charge in [0.05, 0.1) is 0 Å². The van der Waals surface area contributed by atoms with E-state index in [1.165, 1.54) is 23.2 Å². The number of allylic oxidation sites excluding steroid dienone is 1. The van der Waals surface area contributed by atoms with Crippen LogP contribution < -0.4 is 11.1 Å². The maximum atomic E-state index is 12.7. The summed E-state index contributed by atoms with van der Waals surface area (Å²) in [4.78, 5) is 57.1. The number of oxime groups is 1. The van der Waals surface area contributed by atoms with Crippen molar-refractivity contribution < 1.29 is 34.2 Å². The molecular formula is C16H15N5O7S2. The second-order valence-electron chi connectivity index (χ2n) is 5.92. The first-order chi connectivity index (χ1) is 14.2. The normalized spacial score (nSPS) is 20.9. The van der Waals surface area contributed by atoms with Gasteiger partial charge in [-0.15, -0.1) is 23.1 Å². The Morgan fingerprint density at radius 1 is 1.47 bits per heavy atom. The molecule has 0 bridgehead atoms. The number of amides is 2. The number of carboxylic acid groups (broad SMARTS) is 2. The predicted molar refractivity (Wildman–Crippen MR) is 107 cm³/mol. The number of nitrogen functional groups attached to an aromatic ring is 1. The number of hydrogen-bond acceptors (Lipinski definition) is 10. The second-order valence-corrected chi connectivity index (χ2v) is 7.92. The van der Waals surface area contributed by atoms with Crippen LogP contribution in [0.4, 0.5) is 5.13 Å². The first kappa shape index (κ1) is 21.3. The lowest BCUT2D eigenvalue weighted by molar-refractivity contribution is -0.150. The van der Waals surface area contributed by atoms with Gasteiger partial charge in [-0.3, -0.25) is 14.5 Å². The van der Waals surface area contributed by atoms with E-state index in [1.807, 2.05) is 0 Å². The molecule has 2 amide bonds. The molecule has 0 radical (unpaired) electrons. The molecule has 14 heteroatoms. The Hall–Kier alpha value is -3.39. The monoisotopic (exact) mass is 453 g/mol. The minimum atomic E-state index is -1.30. The number of fused-ring (bicyclic) bond motifs is 1. The summed E-state index contributed by atoms with van der Waals surface area (Å²) in [6, 6.07) is -1.01. The average Bonchev–Trinajstić information content (AvgIpc) is 3.13. The van der Waals surface area contributed by atoms with Crippen LogP contribution in [0.25, 0.3) is 0 Å². The minimum absolute atomic E-state index is 0.0420. The summed E-state index contributed by atoms with van der Waals surface area (Å²) < 4.78 is 0. The number of nitrogens with one attached hydrogen (secondary N) is 1. The van der Waals surface area contributed by atoms with Crippen molar-refractivity contribution in [1.29, 1.82) is 0 Å². The summed E-state index contributed by atoms with van der Waals surface area (Å²) >= 11 is 2.30. The van der Waals surface area contributed by atoms with Crippen molar-refractivity contribution in [2.24, 2.45) is 5.16 Å². The summed E-state index contributed by atoms with van der Waals surface area (Å²) in [6.07, 6.45) is 1.38. The molecule has 2 aliphatic heterocycles. The highest BCUT2D eigenvalue weighted by Gasteiger charge is 2.54. The van der Waals surface area contributed by atoms with Gasteiger partial charge >= 0.3 is 11.9 Å². The van der Waals surface area contributed by atoms with Crippen LogP contribution in [0.2, 0.25) is 0 Å². The number of anilines is 1. The van der Waals surface area contributed by atoms with Crippen molar-refractivity contribution in [2.75, 3.05) is 18.1 Å². The Bertz CT molecular complexity index is 1000. The molecule has 0 spiro atoms. The zero-order chi connectivity index (χ0) is 22.0. The van der Waals surface area contributed by atoms with Gasteiger partial charge in [-0.05, 0) is 5.57 Å². The molecule has 2 atom stereocenters. The molecule has 0 saturated carbocycles. The van der Waals surface area contributed by atoms with E-state index in [-0.39, 0.29) is 22.2 Å². The van der Waals surface area contributed by atoms with Crippen LogP contribution in [-0.2, 0) is 24.0 Å². The number of carbonyl (C=O) groups excluding carboxylic acids is 2. The maximum Gasteiger partial charge on any atom is 0.352 e. The van der Waals surface area contributed by atoms with Crippen LogP contribution in [0, 0.1) is 0 Å². The van der Waals surface area contributed by atoms with Gasteiger partial charge < -0.3 is 26.1 Å². The third-order valence-corrected chi connectivity index (χ3v) is 6.03. The van der Waals surface area contributed by atoms with Crippen LogP contribution in [-0.4, -0.2) is 73.3 Å². The summed E-state index contributed by atoms with van der Waals surface area (Å²) in [7, 11) is 0. The van der Waals surface area contributed by atoms with E-state index in [9.17, 15) is 24.3 Å². The quantitative estimate of drug-likeness (QED) is 0.226. The molecule has 0 aromatic carbocycles. The van der Waals surface area contributed by atoms with Crippen LogP contribution in [0.3, 0.4) is 0 Å². The highest BCUT2D eigenvalue weighted by atomic mass is 32.2. The number of nitrogens with two attached hydrogens (primary N) is 1. The predicted octanol–water partition coefficient (Wildman–Crippen LogP) is -0.545. The average molecular weight is 453 g/mol. The number of β-lactam (4-membered cyclic amide) rings is 1. The van der Waals surface area contributed by atoms with Gasteiger partial charge in [0.25, 0.3) is 11.8 Å². The maximum absolute atomic E-state index is 12.7. The molecule has 1 saturated heterocycles. The van der Waals surface area contributed by atoms with E-state index in [2.05, 4.69) is 26.9 Å². The van der Waals surface area contributed by atoms with Gasteiger partial charge in [0, 0.05) is 11.1 Å². The van der Waals surface area contributed by atoms with Crippen LogP contribution >= 0.6 is 23.1 Å². The number of hydrogen-bond donors (Lipinski definition) is 4. The Balaban J connectivity index is 1.79. The Morgan fingerprint density at radius 2 is 2.20 bits per heavy atom. The number of carboxylic acids is 2. The number of thioether (sulfide) groups is 1. The Kier molecular flexibility index (Phi) is 6.07. The third-order valence-electron chi connectivity index (χ3n) is 4.06. The molecule has 1 aromatic rings. The molecule has 1 aromatic heterocycles. The summed E-state index contributed by atoms with van der Waals surface area (Å²) in [5, 5.41) is 25.0. The molecule has 1 fully saturated rings. The van der Waals surface area contributed by atoms with Gasteiger partial charge in [-0.2, -0.15) is 0 Å². The number of aliphatic carboxylic acids is 2. The molecule has 0 aliphatic carbocycles. The number of aromatic nitrogens is 1. The lowest BCUT2D eigenvalue weighted by atomic mass is 10.0.